The molecule has 2 rings (SSSR count). The van der Waals surface area contributed by atoms with Crippen molar-refractivity contribution in [3.8, 4) is 10.8 Å². The zero-order valence-corrected chi connectivity index (χ0v) is 10.7. The van der Waals surface area contributed by atoms with Crippen LogP contribution < -0.4 is 0 Å². The Morgan fingerprint density at radius 2 is 2.18 bits per heavy atom. The molecule has 0 atom stereocenters. The lowest BCUT2D eigenvalue weighted by Crippen LogP contribution is -2.01. The first-order chi connectivity index (χ1) is 7.99. The summed E-state index contributed by atoms with van der Waals surface area (Å²) >= 11 is 1.54. The molecule has 0 aliphatic heterocycles. The number of rotatable bonds is 3. The summed E-state index contributed by atoms with van der Waals surface area (Å²) in [7, 11) is 0. The number of carbonyl (C=O) groups is 1. The van der Waals surface area contributed by atoms with Crippen molar-refractivity contribution >= 4 is 17.3 Å². The van der Waals surface area contributed by atoms with E-state index in [-0.39, 0.29) is 11.7 Å². The van der Waals surface area contributed by atoms with Crippen LogP contribution in [0.15, 0.2) is 16.5 Å². The van der Waals surface area contributed by atoms with Crippen LogP contribution in [0.4, 0.5) is 0 Å². The maximum atomic E-state index is 11.0. The molecule has 2 heterocycles. The first-order valence-corrected chi connectivity index (χ1v) is 6.11. The van der Waals surface area contributed by atoms with E-state index in [9.17, 15) is 4.79 Å². The second-order valence-electron chi connectivity index (χ2n) is 4.10. The van der Waals surface area contributed by atoms with Crippen LogP contribution in [0.3, 0.4) is 0 Å². The zero-order chi connectivity index (χ0) is 12.6. The van der Waals surface area contributed by atoms with Crippen LogP contribution in [0.25, 0.3) is 10.8 Å². The van der Waals surface area contributed by atoms with Crippen molar-refractivity contribution in [2.24, 2.45) is 0 Å². The van der Waals surface area contributed by atoms with E-state index in [1.165, 1.54) is 11.3 Å². The van der Waals surface area contributed by atoms with Gasteiger partial charge in [0.15, 0.2) is 0 Å². The van der Waals surface area contributed by atoms with Gasteiger partial charge in [0.05, 0.1) is 10.6 Å². The summed E-state index contributed by atoms with van der Waals surface area (Å²) in [5.41, 5.74) is 0.499. The number of carboxylic acid groups (broad SMARTS) is 1. The van der Waals surface area contributed by atoms with Crippen molar-refractivity contribution < 1.29 is 14.3 Å². The predicted molar refractivity (Wildman–Crippen MR) is 65.6 cm³/mol. The van der Waals surface area contributed by atoms with Crippen molar-refractivity contribution in [2.75, 3.05) is 0 Å². The van der Waals surface area contributed by atoms with Gasteiger partial charge < -0.3 is 9.52 Å². The molecule has 90 valence electrons. The molecule has 0 aliphatic carbocycles. The first-order valence-electron chi connectivity index (χ1n) is 5.30. The predicted octanol–water partition coefficient (Wildman–Crippen LogP) is 3.53. The lowest BCUT2D eigenvalue weighted by atomic mass is 10.1. The minimum Gasteiger partial charge on any atom is -0.475 e. The van der Waals surface area contributed by atoms with Crippen LogP contribution in [0.1, 0.15) is 40.9 Å². The monoisotopic (exact) mass is 251 g/mol. The number of aromatic carboxylic acids is 1. The number of hydrogen-bond acceptors (Lipinski definition) is 4. The molecular formula is C12H13NO3S. The van der Waals surface area contributed by atoms with Crippen molar-refractivity contribution in [3.63, 3.8) is 0 Å². The van der Waals surface area contributed by atoms with Gasteiger partial charge in [-0.3, -0.25) is 0 Å². The van der Waals surface area contributed by atoms with Gasteiger partial charge in [0.25, 0.3) is 0 Å². The molecule has 0 aromatic carbocycles. The maximum Gasteiger partial charge on any atom is 0.373 e. The average molecular weight is 251 g/mol. The summed E-state index contributed by atoms with van der Waals surface area (Å²) in [5, 5.41) is 9.05. The highest BCUT2D eigenvalue weighted by Crippen LogP contribution is 2.30. The number of hydrogen-bond donors (Lipinski definition) is 1. The highest BCUT2D eigenvalue weighted by atomic mass is 32.1. The third kappa shape index (κ3) is 2.24. The largest absolute Gasteiger partial charge is 0.475 e. The Morgan fingerprint density at radius 1 is 1.47 bits per heavy atom. The summed E-state index contributed by atoms with van der Waals surface area (Å²) in [5.74, 6) is -0.703. The van der Waals surface area contributed by atoms with E-state index in [1.54, 1.807) is 0 Å². The van der Waals surface area contributed by atoms with Gasteiger partial charge in [0.1, 0.15) is 0 Å². The molecule has 1 N–H and O–H groups in total. The minimum atomic E-state index is -1.07. The van der Waals surface area contributed by atoms with Gasteiger partial charge in [0.2, 0.25) is 11.7 Å². The number of oxazole rings is 1. The Labute approximate surface area is 103 Å². The Bertz CT molecular complexity index is 554. The molecule has 0 bridgehead atoms. The third-order valence-electron chi connectivity index (χ3n) is 2.35. The summed E-state index contributed by atoms with van der Waals surface area (Å²) in [6.45, 7) is 5.78. The van der Waals surface area contributed by atoms with Crippen molar-refractivity contribution in [3.05, 3.63) is 28.5 Å². The third-order valence-corrected chi connectivity index (χ3v) is 3.33. The second kappa shape index (κ2) is 4.33. The number of carboxylic acids is 1. The zero-order valence-electron chi connectivity index (χ0n) is 9.85. The van der Waals surface area contributed by atoms with E-state index in [1.807, 2.05) is 32.9 Å². The fourth-order valence-electron chi connectivity index (χ4n) is 1.53. The molecule has 2 aromatic rings. The Balaban J connectivity index is 2.50. The van der Waals surface area contributed by atoms with E-state index in [4.69, 9.17) is 9.52 Å². The normalized spacial score (nSPS) is 11.1. The standard InChI is InChI=1S/C12H13NO3S/c1-6(2)9-10(12(14)15)16-11(13-9)8-5-4-7(3)17-8/h4-6H,1-3H3,(H,14,15). The molecule has 0 saturated carbocycles. The van der Waals surface area contributed by atoms with Crippen LogP contribution in [-0.4, -0.2) is 16.1 Å². The number of thiophene rings is 1. The van der Waals surface area contributed by atoms with Gasteiger partial charge in [-0.25, -0.2) is 9.78 Å². The van der Waals surface area contributed by atoms with Crippen LogP contribution in [-0.2, 0) is 0 Å². The van der Waals surface area contributed by atoms with E-state index >= 15 is 0 Å². The van der Waals surface area contributed by atoms with Gasteiger partial charge in [-0.2, -0.15) is 0 Å². The van der Waals surface area contributed by atoms with Gasteiger partial charge in [-0.1, -0.05) is 13.8 Å². The highest BCUT2D eigenvalue weighted by Gasteiger charge is 2.22. The maximum absolute atomic E-state index is 11.0. The summed E-state index contributed by atoms with van der Waals surface area (Å²) in [6, 6.07) is 3.85. The SMILES string of the molecule is Cc1ccc(-c2nc(C(C)C)c(C(=O)O)o2)s1. The van der Waals surface area contributed by atoms with Crippen molar-refractivity contribution in [1.82, 2.24) is 4.98 Å². The fourth-order valence-corrected chi connectivity index (χ4v) is 2.32. The van der Waals surface area contributed by atoms with E-state index in [0.29, 0.717) is 11.6 Å². The molecule has 0 saturated heterocycles. The first kappa shape index (κ1) is 11.9. The van der Waals surface area contributed by atoms with E-state index < -0.39 is 5.97 Å². The molecule has 5 heteroatoms. The molecule has 0 fully saturated rings. The minimum absolute atomic E-state index is 0.0275. The molecular weight excluding hydrogens is 238 g/mol. The van der Waals surface area contributed by atoms with Gasteiger partial charge in [-0.05, 0) is 25.0 Å². The summed E-state index contributed by atoms with van der Waals surface area (Å²) in [6.07, 6.45) is 0. The molecule has 17 heavy (non-hydrogen) atoms. The molecule has 0 unspecified atom stereocenters. The lowest BCUT2D eigenvalue weighted by molar-refractivity contribution is 0.0661. The Morgan fingerprint density at radius 3 is 2.59 bits per heavy atom. The number of aromatic nitrogens is 1. The van der Waals surface area contributed by atoms with Crippen LogP contribution >= 0.6 is 11.3 Å². The summed E-state index contributed by atoms with van der Waals surface area (Å²) < 4.78 is 5.34. The fraction of sp³-hybridized carbons (Fsp3) is 0.333. The van der Waals surface area contributed by atoms with Gasteiger partial charge >= 0.3 is 5.97 Å². The molecule has 2 aromatic heterocycles. The smallest absolute Gasteiger partial charge is 0.373 e. The lowest BCUT2D eigenvalue weighted by Gasteiger charge is -1.98. The molecule has 0 aliphatic rings. The van der Waals surface area contributed by atoms with Crippen molar-refractivity contribution in [2.45, 2.75) is 26.7 Å². The van der Waals surface area contributed by atoms with Crippen LogP contribution in [0, 0.1) is 6.92 Å². The topological polar surface area (TPSA) is 63.3 Å². The average Bonchev–Trinajstić information content (AvgIpc) is 2.82. The molecule has 0 spiro atoms. The number of aryl methyl sites for hydroxylation is 1. The Hall–Kier alpha value is -1.62. The van der Waals surface area contributed by atoms with Crippen molar-refractivity contribution in [1.29, 1.82) is 0 Å². The summed E-state index contributed by atoms with van der Waals surface area (Å²) in [4.78, 5) is 17.3. The second-order valence-corrected chi connectivity index (χ2v) is 5.39. The van der Waals surface area contributed by atoms with Gasteiger partial charge in [-0.15, -0.1) is 11.3 Å². The van der Waals surface area contributed by atoms with E-state index in [2.05, 4.69) is 4.98 Å². The molecule has 0 radical (unpaired) electrons. The van der Waals surface area contributed by atoms with Crippen LogP contribution in [0.5, 0.6) is 0 Å². The molecule has 4 nitrogen and oxygen atoms in total. The van der Waals surface area contributed by atoms with Crippen LogP contribution in [0.2, 0.25) is 0 Å². The quantitative estimate of drug-likeness (QED) is 0.906. The van der Waals surface area contributed by atoms with E-state index in [0.717, 1.165) is 9.75 Å². The highest BCUT2D eigenvalue weighted by molar-refractivity contribution is 7.15. The Kier molecular flexibility index (Phi) is 3.02. The number of nitrogens with zero attached hydrogens (tertiary/aromatic N) is 1. The van der Waals surface area contributed by atoms with Gasteiger partial charge in [0, 0.05) is 4.88 Å². The molecule has 0 amide bonds.